The molecular weight excluding hydrogens is 319 g/mol. The van der Waals surface area contributed by atoms with Gasteiger partial charge in [-0.15, -0.1) is 0 Å². The summed E-state index contributed by atoms with van der Waals surface area (Å²) in [7, 11) is 1.55. The molecule has 2 nitrogen and oxygen atoms in total. The topological polar surface area (TPSA) is 28.7 Å². The van der Waals surface area contributed by atoms with E-state index in [0.29, 0.717) is 5.56 Å². The van der Waals surface area contributed by atoms with E-state index in [9.17, 15) is 0 Å². The SMILES string of the molecule is C=Cc1ccc(C#N)c2c1ccn2SI. The summed E-state index contributed by atoms with van der Waals surface area (Å²) in [6.07, 6.45) is 3.78. The molecule has 1 heterocycles. The second kappa shape index (κ2) is 4.29. The molecule has 2 rings (SSSR count). The number of aromatic nitrogens is 1. The molecule has 0 unspecified atom stereocenters. The Kier molecular flexibility index (Phi) is 3.03. The van der Waals surface area contributed by atoms with Gasteiger partial charge >= 0.3 is 0 Å². The fourth-order valence-corrected chi connectivity index (χ4v) is 2.94. The summed E-state index contributed by atoms with van der Waals surface area (Å²) in [4.78, 5) is 0. The van der Waals surface area contributed by atoms with Gasteiger partial charge in [0.15, 0.2) is 0 Å². The van der Waals surface area contributed by atoms with E-state index in [0.717, 1.165) is 16.5 Å². The average molecular weight is 326 g/mol. The van der Waals surface area contributed by atoms with Crippen LogP contribution in [-0.4, -0.2) is 3.97 Å². The highest BCUT2D eigenvalue weighted by Crippen LogP contribution is 2.29. The number of fused-ring (bicyclic) bond motifs is 1. The van der Waals surface area contributed by atoms with Crippen molar-refractivity contribution >= 4 is 47.3 Å². The largest absolute Gasteiger partial charge is 0.281 e. The molecule has 0 spiro atoms. The van der Waals surface area contributed by atoms with Crippen LogP contribution in [0, 0.1) is 11.3 Å². The van der Waals surface area contributed by atoms with Crippen LogP contribution in [0.1, 0.15) is 11.1 Å². The summed E-state index contributed by atoms with van der Waals surface area (Å²) >= 11 is 2.20. The Hall–Kier alpha value is -0.930. The third kappa shape index (κ3) is 1.66. The predicted molar refractivity (Wildman–Crippen MR) is 73.8 cm³/mol. The Morgan fingerprint density at radius 3 is 2.87 bits per heavy atom. The molecule has 0 aliphatic carbocycles. The maximum absolute atomic E-state index is 9.04. The number of halogens is 1. The molecular formula is C11H7IN2S. The molecule has 0 amide bonds. The molecule has 1 aromatic heterocycles. The van der Waals surface area contributed by atoms with Crippen LogP contribution in [0.15, 0.2) is 31.0 Å². The van der Waals surface area contributed by atoms with Gasteiger partial charge in [0.2, 0.25) is 0 Å². The van der Waals surface area contributed by atoms with Crippen LogP contribution in [0.4, 0.5) is 0 Å². The van der Waals surface area contributed by atoms with E-state index in [1.54, 1.807) is 9.12 Å². The molecule has 74 valence electrons. The molecule has 0 fully saturated rings. The number of nitrogens with zero attached hydrogens (tertiary/aromatic N) is 2. The summed E-state index contributed by atoms with van der Waals surface area (Å²) in [5.74, 6) is 0. The molecule has 0 aliphatic rings. The lowest BCUT2D eigenvalue weighted by Crippen LogP contribution is -1.86. The molecule has 2 aromatic rings. The van der Waals surface area contributed by atoms with Crippen LogP contribution in [0.3, 0.4) is 0 Å². The van der Waals surface area contributed by atoms with Gasteiger partial charge in [-0.25, -0.2) is 0 Å². The molecule has 4 heteroatoms. The molecule has 0 radical (unpaired) electrons. The Morgan fingerprint density at radius 2 is 2.27 bits per heavy atom. The van der Waals surface area contributed by atoms with Crippen molar-refractivity contribution < 1.29 is 0 Å². The zero-order chi connectivity index (χ0) is 10.8. The summed E-state index contributed by atoms with van der Waals surface area (Å²) in [6, 6.07) is 7.99. The minimum Gasteiger partial charge on any atom is -0.281 e. The van der Waals surface area contributed by atoms with Gasteiger partial charge in [0.25, 0.3) is 0 Å². The van der Waals surface area contributed by atoms with Crippen molar-refractivity contribution in [3.63, 3.8) is 0 Å². The Balaban J connectivity index is 2.90. The highest BCUT2D eigenvalue weighted by Gasteiger charge is 2.08. The van der Waals surface area contributed by atoms with Crippen molar-refractivity contribution in [2.45, 2.75) is 0 Å². The Bertz CT molecular complexity index is 566. The van der Waals surface area contributed by atoms with Gasteiger partial charge in [0.05, 0.1) is 11.1 Å². The van der Waals surface area contributed by atoms with E-state index in [2.05, 4.69) is 33.9 Å². The van der Waals surface area contributed by atoms with Crippen molar-refractivity contribution in [2.75, 3.05) is 0 Å². The first-order chi connectivity index (χ1) is 7.31. The first kappa shape index (κ1) is 10.6. The highest BCUT2D eigenvalue weighted by atomic mass is 127. The minimum atomic E-state index is 0.699. The lowest BCUT2D eigenvalue weighted by Gasteiger charge is -2.02. The molecule has 0 N–H and O–H groups in total. The zero-order valence-corrected chi connectivity index (χ0v) is 10.7. The monoisotopic (exact) mass is 326 g/mol. The van der Waals surface area contributed by atoms with Crippen LogP contribution in [0.5, 0.6) is 0 Å². The summed E-state index contributed by atoms with van der Waals surface area (Å²) in [5.41, 5.74) is 2.73. The van der Waals surface area contributed by atoms with Crippen LogP contribution >= 0.6 is 30.3 Å². The van der Waals surface area contributed by atoms with Gasteiger partial charge in [0, 0.05) is 41.9 Å². The number of benzene rings is 1. The van der Waals surface area contributed by atoms with E-state index in [1.165, 1.54) is 0 Å². The van der Waals surface area contributed by atoms with Gasteiger partial charge in [-0.1, -0.05) is 18.7 Å². The van der Waals surface area contributed by atoms with Gasteiger partial charge in [-0.2, -0.15) is 5.26 Å². The lowest BCUT2D eigenvalue weighted by molar-refractivity contribution is 1.35. The third-order valence-corrected chi connectivity index (χ3v) is 3.99. The predicted octanol–water partition coefficient (Wildman–Crippen LogP) is 4.00. The second-order valence-corrected chi connectivity index (χ2v) is 4.70. The van der Waals surface area contributed by atoms with Crippen molar-refractivity contribution in [3.8, 4) is 6.07 Å². The fraction of sp³-hybridized carbons (Fsp3) is 0. The van der Waals surface area contributed by atoms with Gasteiger partial charge in [-0.3, -0.25) is 3.97 Å². The molecule has 0 saturated carbocycles. The molecule has 1 aromatic carbocycles. The number of rotatable bonds is 2. The standard InChI is InChI=1S/C11H7IN2S/c1-2-8-3-4-9(7-13)11-10(8)5-6-14(11)15-12/h2-6H,1H2. The van der Waals surface area contributed by atoms with E-state index >= 15 is 0 Å². The maximum atomic E-state index is 9.04. The molecule has 0 atom stereocenters. The summed E-state index contributed by atoms with van der Waals surface area (Å²) < 4.78 is 1.99. The second-order valence-electron chi connectivity index (χ2n) is 2.99. The van der Waals surface area contributed by atoms with E-state index in [4.69, 9.17) is 5.26 Å². The Morgan fingerprint density at radius 1 is 1.47 bits per heavy atom. The summed E-state index contributed by atoms with van der Waals surface area (Å²) in [5, 5.41) is 10.1. The van der Waals surface area contributed by atoms with Gasteiger partial charge in [0.1, 0.15) is 6.07 Å². The van der Waals surface area contributed by atoms with Gasteiger partial charge in [-0.05, 0) is 17.7 Å². The molecule has 0 aliphatic heterocycles. The van der Waals surface area contributed by atoms with E-state index < -0.39 is 0 Å². The van der Waals surface area contributed by atoms with Crippen LogP contribution in [0.2, 0.25) is 0 Å². The quantitative estimate of drug-likeness (QED) is 0.781. The Labute approximate surface area is 104 Å². The van der Waals surface area contributed by atoms with Crippen molar-refractivity contribution in [2.24, 2.45) is 0 Å². The van der Waals surface area contributed by atoms with Crippen LogP contribution in [0.25, 0.3) is 17.0 Å². The number of nitriles is 1. The summed E-state index contributed by atoms with van der Waals surface area (Å²) in [6.45, 7) is 3.77. The number of hydrogen-bond donors (Lipinski definition) is 0. The van der Waals surface area contributed by atoms with E-state index in [1.807, 2.05) is 34.4 Å². The van der Waals surface area contributed by atoms with E-state index in [-0.39, 0.29) is 0 Å². The first-order valence-electron chi connectivity index (χ1n) is 4.27. The van der Waals surface area contributed by atoms with Crippen LogP contribution < -0.4 is 0 Å². The lowest BCUT2D eigenvalue weighted by atomic mass is 10.1. The zero-order valence-electron chi connectivity index (χ0n) is 7.77. The molecule has 0 bridgehead atoms. The molecule has 15 heavy (non-hydrogen) atoms. The van der Waals surface area contributed by atoms with Crippen LogP contribution in [-0.2, 0) is 0 Å². The van der Waals surface area contributed by atoms with Crippen molar-refractivity contribution in [1.29, 1.82) is 5.26 Å². The molecule has 0 saturated heterocycles. The first-order valence-corrected chi connectivity index (χ1v) is 7.59. The minimum absolute atomic E-state index is 0.699. The normalized spacial score (nSPS) is 10.1. The smallest absolute Gasteiger partial charge is 0.101 e. The fourth-order valence-electron chi connectivity index (χ4n) is 1.58. The highest BCUT2D eigenvalue weighted by molar-refractivity contribution is 14.2. The van der Waals surface area contributed by atoms with Crippen molar-refractivity contribution in [1.82, 2.24) is 3.97 Å². The van der Waals surface area contributed by atoms with Crippen molar-refractivity contribution in [3.05, 3.63) is 42.1 Å². The van der Waals surface area contributed by atoms with Gasteiger partial charge < -0.3 is 0 Å². The third-order valence-electron chi connectivity index (χ3n) is 2.26. The maximum Gasteiger partial charge on any atom is 0.101 e. The number of hydrogen-bond acceptors (Lipinski definition) is 2. The average Bonchev–Trinajstić information content (AvgIpc) is 2.71.